The maximum Gasteiger partial charge on any atom is 0.246 e. The zero-order valence-corrected chi connectivity index (χ0v) is 12.7. The second kappa shape index (κ2) is 6.14. The Hall–Kier alpha value is -2.42. The predicted octanol–water partition coefficient (Wildman–Crippen LogP) is 1.53. The first-order valence-electron chi connectivity index (χ1n) is 6.23. The molecule has 0 spiro atoms. The van der Waals surface area contributed by atoms with Gasteiger partial charge in [-0.3, -0.25) is 9.10 Å². The van der Waals surface area contributed by atoms with Crippen LogP contribution in [-0.4, -0.2) is 32.3 Å². The van der Waals surface area contributed by atoms with E-state index in [9.17, 15) is 17.6 Å². The minimum atomic E-state index is -3.83. The quantitative estimate of drug-likeness (QED) is 0.899. The van der Waals surface area contributed by atoms with E-state index < -0.39 is 28.3 Å². The first kappa shape index (κ1) is 16.0. The number of hydrogen-bond donors (Lipinski definition) is 1. The summed E-state index contributed by atoms with van der Waals surface area (Å²) in [5.41, 5.74) is -0.198. The number of halogens is 1. The van der Waals surface area contributed by atoms with Crippen LogP contribution in [0.4, 0.5) is 15.9 Å². The molecule has 1 aromatic carbocycles. The fraction of sp³-hybridized carbons (Fsp3) is 0.231. The SMILES string of the molecule is Cc1cc(NC(=O)CN(c2ccccc2F)S(C)(=O)=O)no1. The van der Waals surface area contributed by atoms with Crippen molar-refractivity contribution in [1.82, 2.24) is 5.16 Å². The number of rotatable bonds is 5. The van der Waals surface area contributed by atoms with Crippen LogP contribution in [0.3, 0.4) is 0 Å². The molecule has 0 fully saturated rings. The van der Waals surface area contributed by atoms with Gasteiger partial charge in [-0.1, -0.05) is 17.3 Å². The van der Waals surface area contributed by atoms with Crippen molar-refractivity contribution in [3.63, 3.8) is 0 Å². The molecule has 7 nitrogen and oxygen atoms in total. The smallest absolute Gasteiger partial charge is 0.246 e. The summed E-state index contributed by atoms with van der Waals surface area (Å²) < 4.78 is 42.9. The topological polar surface area (TPSA) is 92.5 Å². The van der Waals surface area contributed by atoms with Crippen LogP contribution in [-0.2, 0) is 14.8 Å². The fourth-order valence-electron chi connectivity index (χ4n) is 1.77. The van der Waals surface area contributed by atoms with Gasteiger partial charge in [0.2, 0.25) is 15.9 Å². The number of benzene rings is 1. The van der Waals surface area contributed by atoms with E-state index in [1.165, 1.54) is 24.3 Å². The Morgan fingerprint density at radius 1 is 1.41 bits per heavy atom. The zero-order chi connectivity index (χ0) is 16.3. The third-order valence-corrected chi connectivity index (χ3v) is 3.83. The van der Waals surface area contributed by atoms with E-state index in [0.29, 0.717) is 10.1 Å². The van der Waals surface area contributed by atoms with Crippen molar-refractivity contribution in [1.29, 1.82) is 0 Å². The van der Waals surface area contributed by atoms with Crippen LogP contribution in [0, 0.1) is 12.7 Å². The number of nitrogens with one attached hydrogen (secondary N) is 1. The summed E-state index contributed by atoms with van der Waals surface area (Å²) in [5, 5.41) is 5.95. The first-order valence-corrected chi connectivity index (χ1v) is 8.07. The molecular formula is C13H14FN3O4S. The van der Waals surface area contributed by atoms with Gasteiger partial charge in [0.25, 0.3) is 0 Å². The van der Waals surface area contributed by atoms with Crippen LogP contribution in [0.25, 0.3) is 0 Å². The minimum Gasteiger partial charge on any atom is -0.360 e. The van der Waals surface area contributed by atoms with Gasteiger partial charge >= 0.3 is 0 Å². The molecule has 2 aromatic rings. The second-order valence-corrected chi connectivity index (χ2v) is 6.50. The van der Waals surface area contributed by atoms with Crippen molar-refractivity contribution in [2.75, 3.05) is 22.4 Å². The first-order chi connectivity index (χ1) is 10.3. The molecule has 0 saturated heterocycles. The van der Waals surface area contributed by atoms with Gasteiger partial charge in [0, 0.05) is 6.07 Å². The zero-order valence-electron chi connectivity index (χ0n) is 11.9. The summed E-state index contributed by atoms with van der Waals surface area (Å²) in [6.07, 6.45) is 0.896. The minimum absolute atomic E-state index is 0.157. The monoisotopic (exact) mass is 327 g/mol. The van der Waals surface area contributed by atoms with Crippen LogP contribution in [0.1, 0.15) is 5.76 Å². The van der Waals surface area contributed by atoms with Gasteiger partial charge < -0.3 is 9.84 Å². The molecule has 22 heavy (non-hydrogen) atoms. The largest absolute Gasteiger partial charge is 0.360 e. The number of sulfonamides is 1. The van der Waals surface area contributed by atoms with Crippen LogP contribution in [0.2, 0.25) is 0 Å². The predicted molar refractivity (Wildman–Crippen MR) is 78.5 cm³/mol. The van der Waals surface area contributed by atoms with Crippen molar-refractivity contribution in [2.24, 2.45) is 0 Å². The highest BCUT2D eigenvalue weighted by atomic mass is 32.2. The third kappa shape index (κ3) is 3.82. The normalized spacial score (nSPS) is 11.2. The number of aromatic nitrogens is 1. The number of para-hydroxylation sites is 1. The van der Waals surface area contributed by atoms with Gasteiger partial charge in [-0.05, 0) is 19.1 Å². The maximum atomic E-state index is 13.8. The van der Waals surface area contributed by atoms with Crippen LogP contribution in [0.15, 0.2) is 34.9 Å². The van der Waals surface area contributed by atoms with Crippen molar-refractivity contribution >= 4 is 27.4 Å². The summed E-state index contributed by atoms with van der Waals surface area (Å²) in [6.45, 7) is 1.07. The molecule has 0 aliphatic rings. The average Bonchev–Trinajstić information content (AvgIpc) is 2.81. The Morgan fingerprint density at radius 3 is 2.64 bits per heavy atom. The number of anilines is 2. The number of hydrogen-bond acceptors (Lipinski definition) is 5. The molecule has 0 unspecified atom stereocenters. The van der Waals surface area contributed by atoms with Gasteiger partial charge in [0.1, 0.15) is 18.1 Å². The Labute approximate surface area is 126 Å². The summed E-state index contributed by atoms with van der Waals surface area (Å²) >= 11 is 0. The Morgan fingerprint density at radius 2 is 2.09 bits per heavy atom. The van der Waals surface area contributed by atoms with Gasteiger partial charge in [0.15, 0.2) is 5.82 Å². The third-order valence-electron chi connectivity index (χ3n) is 2.70. The van der Waals surface area contributed by atoms with E-state index in [1.807, 2.05) is 0 Å². The van der Waals surface area contributed by atoms with E-state index in [4.69, 9.17) is 4.52 Å². The Kier molecular flexibility index (Phi) is 4.45. The lowest BCUT2D eigenvalue weighted by molar-refractivity contribution is -0.114. The van der Waals surface area contributed by atoms with E-state index in [-0.39, 0.29) is 11.5 Å². The standard InChI is InChI=1S/C13H14FN3O4S/c1-9-7-12(16-21-9)15-13(18)8-17(22(2,19)20)11-6-4-3-5-10(11)14/h3-7H,8H2,1-2H3,(H,15,16,18). The second-order valence-electron chi connectivity index (χ2n) is 4.59. The molecule has 9 heteroatoms. The van der Waals surface area contributed by atoms with E-state index >= 15 is 0 Å². The molecule has 1 heterocycles. The summed E-state index contributed by atoms with van der Waals surface area (Å²) in [6, 6.07) is 6.79. The fourth-order valence-corrected chi connectivity index (χ4v) is 2.63. The van der Waals surface area contributed by atoms with Gasteiger partial charge in [-0.25, -0.2) is 12.8 Å². The molecule has 118 valence electrons. The lowest BCUT2D eigenvalue weighted by atomic mass is 10.3. The van der Waals surface area contributed by atoms with Crippen LogP contribution < -0.4 is 9.62 Å². The Balaban J connectivity index is 2.21. The molecule has 1 amide bonds. The lowest BCUT2D eigenvalue weighted by Gasteiger charge is -2.21. The molecule has 0 radical (unpaired) electrons. The molecule has 1 N–H and O–H groups in total. The van der Waals surface area contributed by atoms with E-state index in [0.717, 1.165) is 12.3 Å². The highest BCUT2D eigenvalue weighted by molar-refractivity contribution is 7.92. The maximum absolute atomic E-state index is 13.8. The molecule has 0 aliphatic carbocycles. The van der Waals surface area contributed by atoms with Crippen molar-refractivity contribution in [3.05, 3.63) is 41.9 Å². The van der Waals surface area contributed by atoms with Crippen molar-refractivity contribution in [3.8, 4) is 0 Å². The summed E-state index contributed by atoms with van der Waals surface area (Å²) in [5.74, 6) is -0.756. The Bertz CT molecular complexity index is 788. The molecule has 0 saturated carbocycles. The molecule has 1 aromatic heterocycles. The van der Waals surface area contributed by atoms with E-state index in [1.54, 1.807) is 6.92 Å². The number of carbonyl (C=O) groups is 1. The number of aryl methyl sites for hydroxylation is 1. The van der Waals surface area contributed by atoms with Crippen LogP contribution in [0.5, 0.6) is 0 Å². The van der Waals surface area contributed by atoms with Crippen LogP contribution >= 0.6 is 0 Å². The number of carbonyl (C=O) groups excluding carboxylic acids is 1. The summed E-state index contributed by atoms with van der Waals surface area (Å²) in [7, 11) is -3.83. The lowest BCUT2D eigenvalue weighted by Crippen LogP contribution is -2.38. The van der Waals surface area contributed by atoms with E-state index in [2.05, 4.69) is 10.5 Å². The van der Waals surface area contributed by atoms with Crippen molar-refractivity contribution in [2.45, 2.75) is 6.92 Å². The molecule has 0 aliphatic heterocycles. The van der Waals surface area contributed by atoms with Gasteiger partial charge in [0.05, 0.1) is 11.9 Å². The highest BCUT2D eigenvalue weighted by Crippen LogP contribution is 2.21. The average molecular weight is 327 g/mol. The number of nitrogens with zero attached hydrogens (tertiary/aromatic N) is 2. The molecule has 0 bridgehead atoms. The molecular weight excluding hydrogens is 313 g/mol. The summed E-state index contributed by atoms with van der Waals surface area (Å²) in [4.78, 5) is 11.9. The molecule has 0 atom stereocenters. The van der Waals surface area contributed by atoms with Gasteiger partial charge in [-0.15, -0.1) is 0 Å². The van der Waals surface area contributed by atoms with Crippen molar-refractivity contribution < 1.29 is 22.1 Å². The van der Waals surface area contributed by atoms with Gasteiger partial charge in [-0.2, -0.15) is 0 Å². The molecule has 2 rings (SSSR count). The number of amides is 1. The highest BCUT2D eigenvalue weighted by Gasteiger charge is 2.23.